The Balaban J connectivity index is 2.65. The second-order valence-corrected chi connectivity index (χ2v) is 6.03. The van der Waals surface area contributed by atoms with Crippen LogP contribution in [0.15, 0.2) is 0 Å². The Morgan fingerprint density at radius 1 is 1.50 bits per heavy atom. The molecule has 94 valence electrons. The average molecular weight is 227 g/mol. The van der Waals surface area contributed by atoms with Gasteiger partial charge in [-0.15, -0.1) is 0 Å². The van der Waals surface area contributed by atoms with E-state index < -0.39 is 0 Å². The van der Waals surface area contributed by atoms with E-state index in [1.165, 1.54) is 0 Å². The molecule has 0 bridgehead atoms. The number of methoxy groups -OCH3 is 1. The number of nitrogens with two attached hydrogens (primary N) is 1. The van der Waals surface area contributed by atoms with Crippen molar-refractivity contribution in [3.63, 3.8) is 0 Å². The van der Waals surface area contributed by atoms with E-state index >= 15 is 0 Å². The maximum absolute atomic E-state index is 11.8. The van der Waals surface area contributed by atoms with Crippen molar-refractivity contribution < 1.29 is 9.53 Å². The molecule has 3 nitrogen and oxygen atoms in total. The fraction of sp³-hybridized carbons (Fsp3) is 0.923. The van der Waals surface area contributed by atoms with Gasteiger partial charge in [0.25, 0.3) is 0 Å². The second kappa shape index (κ2) is 5.28. The predicted molar refractivity (Wildman–Crippen MR) is 65.1 cm³/mol. The predicted octanol–water partition coefficient (Wildman–Crippen LogP) is 1.99. The zero-order valence-electron chi connectivity index (χ0n) is 11.0. The van der Waals surface area contributed by atoms with Crippen molar-refractivity contribution in [2.45, 2.75) is 46.1 Å². The lowest BCUT2D eigenvalue weighted by atomic mass is 9.67. The van der Waals surface area contributed by atoms with Crippen molar-refractivity contribution in [3.05, 3.63) is 0 Å². The summed E-state index contributed by atoms with van der Waals surface area (Å²) in [5.41, 5.74) is 6.28. The molecule has 0 aromatic heterocycles. The number of hydrogen-bond acceptors (Lipinski definition) is 3. The van der Waals surface area contributed by atoms with Crippen LogP contribution < -0.4 is 5.73 Å². The van der Waals surface area contributed by atoms with Gasteiger partial charge in [-0.2, -0.15) is 0 Å². The van der Waals surface area contributed by atoms with E-state index in [-0.39, 0.29) is 17.4 Å². The lowest BCUT2D eigenvalue weighted by molar-refractivity contribution is -0.127. The van der Waals surface area contributed by atoms with Crippen molar-refractivity contribution in [2.75, 3.05) is 13.7 Å². The molecule has 0 aromatic rings. The van der Waals surface area contributed by atoms with Crippen LogP contribution in [0.5, 0.6) is 0 Å². The molecule has 0 aliphatic heterocycles. The quantitative estimate of drug-likeness (QED) is 0.802. The van der Waals surface area contributed by atoms with Gasteiger partial charge in [0.1, 0.15) is 5.78 Å². The van der Waals surface area contributed by atoms with Gasteiger partial charge in [0, 0.05) is 25.5 Å². The third-order valence-electron chi connectivity index (χ3n) is 3.79. The maximum atomic E-state index is 11.8. The van der Waals surface area contributed by atoms with E-state index in [4.69, 9.17) is 10.5 Å². The zero-order valence-corrected chi connectivity index (χ0v) is 11.0. The molecule has 1 saturated carbocycles. The topological polar surface area (TPSA) is 52.3 Å². The van der Waals surface area contributed by atoms with Gasteiger partial charge in [0.15, 0.2) is 0 Å². The van der Waals surface area contributed by atoms with Gasteiger partial charge in [0.2, 0.25) is 0 Å². The third-order valence-corrected chi connectivity index (χ3v) is 3.79. The van der Waals surface area contributed by atoms with E-state index in [0.717, 1.165) is 12.8 Å². The first-order valence-corrected chi connectivity index (χ1v) is 6.13. The number of rotatable bonds is 3. The molecule has 1 aliphatic carbocycles. The van der Waals surface area contributed by atoms with Crippen LogP contribution >= 0.6 is 0 Å². The summed E-state index contributed by atoms with van der Waals surface area (Å²) in [5, 5.41) is 0. The first-order valence-electron chi connectivity index (χ1n) is 6.13. The number of Topliss-reactive ketones (excluding diaryl/α,β-unsaturated/α-hetero) is 1. The van der Waals surface area contributed by atoms with E-state index in [1.54, 1.807) is 7.11 Å². The molecule has 1 aliphatic rings. The van der Waals surface area contributed by atoms with Crippen LogP contribution in [0.1, 0.15) is 40.0 Å². The van der Waals surface area contributed by atoms with Crippen LogP contribution in [0.25, 0.3) is 0 Å². The molecule has 2 N–H and O–H groups in total. The van der Waals surface area contributed by atoms with Gasteiger partial charge in [-0.05, 0) is 24.2 Å². The van der Waals surface area contributed by atoms with E-state index in [1.807, 2.05) is 0 Å². The van der Waals surface area contributed by atoms with E-state index in [0.29, 0.717) is 24.7 Å². The Kier molecular flexibility index (Phi) is 4.51. The molecule has 0 aromatic carbocycles. The highest BCUT2D eigenvalue weighted by molar-refractivity contribution is 5.82. The minimum Gasteiger partial charge on any atom is -0.383 e. The largest absolute Gasteiger partial charge is 0.383 e. The first kappa shape index (κ1) is 13.7. The number of ketones is 1. The van der Waals surface area contributed by atoms with Gasteiger partial charge < -0.3 is 10.5 Å². The fourth-order valence-electron chi connectivity index (χ4n) is 2.57. The molecule has 0 heterocycles. The normalized spacial score (nSPS) is 29.2. The molecular weight excluding hydrogens is 202 g/mol. The minimum atomic E-state index is -0.136. The van der Waals surface area contributed by atoms with Crippen molar-refractivity contribution >= 4 is 5.78 Å². The Morgan fingerprint density at radius 2 is 2.12 bits per heavy atom. The van der Waals surface area contributed by atoms with E-state index in [2.05, 4.69) is 20.8 Å². The van der Waals surface area contributed by atoms with Gasteiger partial charge in [-0.3, -0.25) is 4.79 Å². The van der Waals surface area contributed by atoms with Crippen molar-refractivity contribution in [1.29, 1.82) is 0 Å². The summed E-state index contributed by atoms with van der Waals surface area (Å²) in [7, 11) is 1.63. The van der Waals surface area contributed by atoms with Gasteiger partial charge in [-0.25, -0.2) is 0 Å². The smallest absolute Gasteiger partial charge is 0.137 e. The van der Waals surface area contributed by atoms with Crippen LogP contribution in [0.3, 0.4) is 0 Å². The molecule has 1 rings (SSSR count). The number of carbonyl (C=O) groups excluding carboxylic acids is 1. The van der Waals surface area contributed by atoms with Crippen molar-refractivity contribution in [3.8, 4) is 0 Å². The third kappa shape index (κ3) is 3.29. The Labute approximate surface area is 98.7 Å². The highest BCUT2D eigenvalue weighted by atomic mass is 16.5. The van der Waals surface area contributed by atoms with Gasteiger partial charge in [0.05, 0.1) is 6.61 Å². The molecule has 0 saturated heterocycles. The van der Waals surface area contributed by atoms with Crippen LogP contribution in [0.4, 0.5) is 0 Å². The molecule has 0 spiro atoms. The molecule has 0 radical (unpaired) electrons. The summed E-state index contributed by atoms with van der Waals surface area (Å²) in [4.78, 5) is 11.8. The molecular formula is C13H25NO2. The standard InChI is InChI=1S/C13H25NO2/c1-13(2,3)9-5-6-12(15)10(7-9)11(14)8-16-4/h9-11H,5-8,14H2,1-4H3. The van der Waals surface area contributed by atoms with Crippen molar-refractivity contribution in [1.82, 2.24) is 0 Å². The summed E-state index contributed by atoms with van der Waals surface area (Å²) in [6.07, 6.45) is 2.62. The molecule has 3 unspecified atom stereocenters. The molecule has 3 atom stereocenters. The number of ether oxygens (including phenoxy) is 1. The lowest BCUT2D eigenvalue weighted by Crippen LogP contribution is -2.44. The average Bonchev–Trinajstić information content (AvgIpc) is 2.16. The minimum absolute atomic E-state index is 0.00192. The molecule has 1 fully saturated rings. The monoisotopic (exact) mass is 227 g/mol. The second-order valence-electron chi connectivity index (χ2n) is 6.03. The summed E-state index contributed by atoms with van der Waals surface area (Å²) in [5.74, 6) is 0.918. The van der Waals surface area contributed by atoms with Crippen LogP contribution in [0.2, 0.25) is 0 Å². The zero-order chi connectivity index (χ0) is 12.3. The Morgan fingerprint density at radius 3 is 2.62 bits per heavy atom. The van der Waals surface area contributed by atoms with Crippen LogP contribution in [0, 0.1) is 17.3 Å². The van der Waals surface area contributed by atoms with Crippen molar-refractivity contribution in [2.24, 2.45) is 23.0 Å². The highest BCUT2D eigenvalue weighted by Crippen LogP contribution is 2.39. The fourth-order valence-corrected chi connectivity index (χ4v) is 2.57. The van der Waals surface area contributed by atoms with Crippen LogP contribution in [-0.4, -0.2) is 25.5 Å². The summed E-state index contributed by atoms with van der Waals surface area (Å²) < 4.78 is 5.05. The number of hydrogen-bond donors (Lipinski definition) is 1. The Hall–Kier alpha value is -0.410. The maximum Gasteiger partial charge on any atom is 0.137 e. The molecule has 3 heteroatoms. The lowest BCUT2D eigenvalue weighted by Gasteiger charge is -2.38. The highest BCUT2D eigenvalue weighted by Gasteiger charge is 2.37. The molecule has 16 heavy (non-hydrogen) atoms. The van der Waals surface area contributed by atoms with Gasteiger partial charge in [-0.1, -0.05) is 20.8 Å². The first-order chi connectivity index (χ1) is 7.36. The summed E-state index contributed by atoms with van der Waals surface area (Å²) in [6, 6.07) is -0.136. The Bertz CT molecular complexity index is 245. The SMILES string of the molecule is COCC(N)C1CC(C(C)(C)C)CCC1=O. The summed E-state index contributed by atoms with van der Waals surface area (Å²) >= 11 is 0. The summed E-state index contributed by atoms with van der Waals surface area (Å²) in [6.45, 7) is 7.21. The van der Waals surface area contributed by atoms with E-state index in [9.17, 15) is 4.79 Å². The van der Waals surface area contributed by atoms with Crippen LogP contribution in [-0.2, 0) is 9.53 Å². The molecule has 0 amide bonds. The number of carbonyl (C=O) groups is 1. The van der Waals surface area contributed by atoms with Gasteiger partial charge >= 0.3 is 0 Å².